The highest BCUT2D eigenvalue weighted by molar-refractivity contribution is 6.17. The van der Waals surface area contributed by atoms with Gasteiger partial charge in [0.05, 0.1) is 7.11 Å². The van der Waals surface area contributed by atoms with Crippen LogP contribution in [-0.4, -0.2) is 7.11 Å². The van der Waals surface area contributed by atoms with Gasteiger partial charge in [0.15, 0.2) is 11.5 Å². The summed E-state index contributed by atoms with van der Waals surface area (Å²) < 4.78 is 23.9. The van der Waals surface area contributed by atoms with Crippen LogP contribution in [0, 0.1) is 5.82 Å². The maximum absolute atomic E-state index is 13.1. The number of halogens is 2. The molecule has 0 bridgehead atoms. The quantitative estimate of drug-likeness (QED) is 0.766. The van der Waals surface area contributed by atoms with E-state index in [1.807, 2.05) is 12.1 Å². The average Bonchev–Trinajstić information content (AvgIpc) is 2.45. The Kier molecular flexibility index (Phi) is 4.63. The summed E-state index contributed by atoms with van der Waals surface area (Å²) in [5, 5.41) is 0. The molecule has 0 aliphatic rings. The van der Waals surface area contributed by atoms with Gasteiger partial charge in [-0.15, -0.1) is 11.6 Å². The van der Waals surface area contributed by atoms with E-state index in [0.717, 1.165) is 11.1 Å². The van der Waals surface area contributed by atoms with Crippen molar-refractivity contribution in [1.82, 2.24) is 0 Å². The maximum atomic E-state index is 13.1. The highest BCUT2D eigenvalue weighted by atomic mass is 35.5. The Morgan fingerprint density at radius 2 is 1.89 bits per heavy atom. The largest absolute Gasteiger partial charge is 0.493 e. The Bertz CT molecular complexity index is 558. The second-order valence-electron chi connectivity index (χ2n) is 4.04. The molecule has 0 N–H and O–H groups in total. The van der Waals surface area contributed by atoms with Crippen LogP contribution >= 0.6 is 11.6 Å². The minimum absolute atomic E-state index is 0.275. The summed E-state index contributed by atoms with van der Waals surface area (Å²) in [5.74, 6) is 1.36. The Morgan fingerprint density at radius 1 is 1.05 bits per heavy atom. The molecular weight excluding hydrogens is 267 g/mol. The molecule has 0 unspecified atom stereocenters. The molecule has 0 fully saturated rings. The van der Waals surface area contributed by atoms with Gasteiger partial charge in [-0.1, -0.05) is 18.2 Å². The second-order valence-corrected chi connectivity index (χ2v) is 4.30. The van der Waals surface area contributed by atoms with Crippen molar-refractivity contribution < 1.29 is 13.9 Å². The summed E-state index contributed by atoms with van der Waals surface area (Å²) in [4.78, 5) is 0. The summed E-state index contributed by atoms with van der Waals surface area (Å²) >= 11 is 5.79. The van der Waals surface area contributed by atoms with Gasteiger partial charge in [-0.2, -0.15) is 0 Å². The molecule has 0 radical (unpaired) electrons. The molecule has 0 aliphatic heterocycles. The van der Waals surface area contributed by atoms with Gasteiger partial charge in [0, 0.05) is 5.88 Å². The molecule has 2 aromatic rings. The van der Waals surface area contributed by atoms with Crippen molar-refractivity contribution in [2.24, 2.45) is 0 Å². The molecule has 0 heterocycles. The summed E-state index contributed by atoms with van der Waals surface area (Å²) in [5.41, 5.74) is 1.70. The number of rotatable bonds is 5. The van der Waals surface area contributed by atoms with Crippen LogP contribution in [0.25, 0.3) is 0 Å². The van der Waals surface area contributed by atoms with E-state index in [0.29, 0.717) is 17.4 Å². The molecular formula is C15H14ClFO2. The van der Waals surface area contributed by atoms with E-state index in [9.17, 15) is 4.39 Å². The smallest absolute Gasteiger partial charge is 0.161 e. The zero-order valence-corrected chi connectivity index (χ0v) is 11.3. The lowest BCUT2D eigenvalue weighted by atomic mass is 10.2. The standard InChI is InChI=1S/C15H14ClFO2/c1-18-14-6-5-11(9-16)8-15(14)19-10-12-3-2-4-13(17)7-12/h2-8H,9-10H2,1H3. The van der Waals surface area contributed by atoms with Crippen molar-refractivity contribution in [3.63, 3.8) is 0 Å². The number of alkyl halides is 1. The molecule has 2 rings (SSSR count). The van der Waals surface area contributed by atoms with Gasteiger partial charge in [-0.05, 0) is 35.4 Å². The van der Waals surface area contributed by atoms with E-state index in [1.165, 1.54) is 12.1 Å². The second kappa shape index (κ2) is 6.43. The monoisotopic (exact) mass is 280 g/mol. The molecule has 0 saturated heterocycles. The van der Waals surface area contributed by atoms with Crippen LogP contribution in [0.5, 0.6) is 11.5 Å². The Morgan fingerprint density at radius 3 is 2.58 bits per heavy atom. The van der Waals surface area contributed by atoms with E-state index in [4.69, 9.17) is 21.1 Å². The van der Waals surface area contributed by atoms with Crippen LogP contribution in [0.15, 0.2) is 42.5 Å². The van der Waals surface area contributed by atoms with Crippen LogP contribution in [-0.2, 0) is 12.5 Å². The van der Waals surface area contributed by atoms with E-state index < -0.39 is 0 Å². The lowest BCUT2D eigenvalue weighted by molar-refractivity contribution is 0.284. The van der Waals surface area contributed by atoms with Gasteiger partial charge in [-0.25, -0.2) is 4.39 Å². The van der Waals surface area contributed by atoms with Crippen LogP contribution in [0.4, 0.5) is 4.39 Å². The van der Waals surface area contributed by atoms with Crippen molar-refractivity contribution >= 4 is 11.6 Å². The molecule has 0 saturated carbocycles. The fourth-order valence-electron chi connectivity index (χ4n) is 1.70. The van der Waals surface area contributed by atoms with E-state index in [-0.39, 0.29) is 12.4 Å². The summed E-state index contributed by atoms with van der Waals surface area (Å²) in [6.07, 6.45) is 0. The Labute approximate surface area is 116 Å². The highest BCUT2D eigenvalue weighted by Crippen LogP contribution is 2.29. The SMILES string of the molecule is COc1ccc(CCl)cc1OCc1cccc(F)c1. The highest BCUT2D eigenvalue weighted by Gasteiger charge is 2.06. The molecule has 0 atom stereocenters. The van der Waals surface area contributed by atoms with Crippen LogP contribution in [0.2, 0.25) is 0 Å². The molecule has 2 aromatic carbocycles. The van der Waals surface area contributed by atoms with Crippen LogP contribution in [0.3, 0.4) is 0 Å². The topological polar surface area (TPSA) is 18.5 Å². The zero-order chi connectivity index (χ0) is 13.7. The average molecular weight is 281 g/mol. The third-order valence-electron chi connectivity index (χ3n) is 2.67. The number of methoxy groups -OCH3 is 1. The van der Waals surface area contributed by atoms with Crippen molar-refractivity contribution in [3.05, 3.63) is 59.4 Å². The van der Waals surface area contributed by atoms with Gasteiger partial charge < -0.3 is 9.47 Å². The first kappa shape index (κ1) is 13.7. The Hall–Kier alpha value is -1.74. The van der Waals surface area contributed by atoms with Gasteiger partial charge in [0.25, 0.3) is 0 Å². The first-order valence-corrected chi connectivity index (χ1v) is 6.36. The number of hydrogen-bond donors (Lipinski definition) is 0. The molecule has 100 valence electrons. The summed E-state index contributed by atoms with van der Waals surface area (Å²) in [6.45, 7) is 0.278. The van der Waals surface area contributed by atoms with Crippen molar-refractivity contribution in [1.29, 1.82) is 0 Å². The van der Waals surface area contributed by atoms with Crippen molar-refractivity contribution in [3.8, 4) is 11.5 Å². The predicted molar refractivity (Wildman–Crippen MR) is 73.3 cm³/mol. The van der Waals surface area contributed by atoms with Gasteiger partial charge in [0.1, 0.15) is 12.4 Å². The Balaban J connectivity index is 2.14. The normalized spacial score (nSPS) is 10.3. The number of ether oxygens (including phenoxy) is 2. The van der Waals surface area contributed by atoms with E-state index >= 15 is 0 Å². The molecule has 0 aromatic heterocycles. The van der Waals surface area contributed by atoms with Crippen LogP contribution < -0.4 is 9.47 Å². The predicted octanol–water partition coefficient (Wildman–Crippen LogP) is 4.15. The third kappa shape index (κ3) is 3.61. The third-order valence-corrected chi connectivity index (χ3v) is 2.97. The summed E-state index contributed by atoms with van der Waals surface area (Å²) in [6, 6.07) is 11.8. The molecule has 0 spiro atoms. The fourth-order valence-corrected chi connectivity index (χ4v) is 1.87. The fraction of sp³-hybridized carbons (Fsp3) is 0.200. The minimum Gasteiger partial charge on any atom is -0.493 e. The maximum Gasteiger partial charge on any atom is 0.161 e. The molecule has 0 amide bonds. The summed E-state index contributed by atoms with van der Waals surface area (Å²) in [7, 11) is 1.57. The molecule has 0 aliphatic carbocycles. The number of hydrogen-bond acceptors (Lipinski definition) is 2. The van der Waals surface area contributed by atoms with E-state index in [2.05, 4.69) is 0 Å². The lowest BCUT2D eigenvalue weighted by Crippen LogP contribution is -1.98. The first-order valence-electron chi connectivity index (χ1n) is 5.83. The lowest BCUT2D eigenvalue weighted by Gasteiger charge is -2.11. The molecule has 4 heteroatoms. The van der Waals surface area contributed by atoms with Gasteiger partial charge in [-0.3, -0.25) is 0 Å². The van der Waals surface area contributed by atoms with Crippen molar-refractivity contribution in [2.75, 3.05) is 7.11 Å². The number of benzene rings is 2. The zero-order valence-electron chi connectivity index (χ0n) is 10.5. The minimum atomic E-state index is -0.275. The molecule has 2 nitrogen and oxygen atoms in total. The molecule has 19 heavy (non-hydrogen) atoms. The van der Waals surface area contributed by atoms with Gasteiger partial charge >= 0.3 is 0 Å². The van der Waals surface area contributed by atoms with Crippen LogP contribution in [0.1, 0.15) is 11.1 Å². The van der Waals surface area contributed by atoms with Gasteiger partial charge in [0.2, 0.25) is 0 Å². The van der Waals surface area contributed by atoms with E-state index in [1.54, 1.807) is 25.3 Å². The first-order chi connectivity index (χ1) is 9.22. The van der Waals surface area contributed by atoms with Crippen molar-refractivity contribution in [2.45, 2.75) is 12.5 Å².